The predicted octanol–water partition coefficient (Wildman–Crippen LogP) is 0.938. The number of nitrogens with one attached hydrogen (secondary N) is 1. The molecule has 1 saturated heterocycles. The van der Waals surface area contributed by atoms with Gasteiger partial charge in [-0.2, -0.15) is 0 Å². The molecule has 1 unspecified atom stereocenters. The molecule has 2 rings (SSSR count). The van der Waals surface area contributed by atoms with E-state index in [0.29, 0.717) is 12.1 Å². The van der Waals surface area contributed by atoms with Crippen LogP contribution in [0.3, 0.4) is 0 Å². The van der Waals surface area contributed by atoms with Gasteiger partial charge in [0.05, 0.1) is 6.61 Å². The van der Waals surface area contributed by atoms with Crippen LogP contribution >= 0.6 is 0 Å². The van der Waals surface area contributed by atoms with Gasteiger partial charge in [0, 0.05) is 13.1 Å². The third kappa shape index (κ3) is 4.23. The summed E-state index contributed by atoms with van der Waals surface area (Å²) >= 11 is 0. The van der Waals surface area contributed by atoms with Crippen molar-refractivity contribution in [3.05, 3.63) is 29.6 Å². The number of hydrogen-bond acceptors (Lipinski definition) is 4. The number of halogens is 1. The first kappa shape index (κ1) is 16.4. The van der Waals surface area contributed by atoms with Gasteiger partial charge in [0.15, 0.2) is 0 Å². The number of nitrogens with zero attached hydrogens (tertiary/aromatic N) is 1. The molecule has 0 amide bonds. The molecule has 2 N–H and O–H groups in total. The second-order valence-corrected chi connectivity index (χ2v) is 7.28. The fraction of sp³-hybridized carbons (Fsp3) is 0.571. The van der Waals surface area contributed by atoms with Gasteiger partial charge in [-0.05, 0) is 50.0 Å². The minimum Gasteiger partial charge on any atom is -0.392 e. The van der Waals surface area contributed by atoms with Gasteiger partial charge in [0.1, 0.15) is 10.7 Å². The molecule has 1 atom stereocenters. The SMILES string of the molecule is CN1CCCC(CNS(=O)(=O)c2ccc(CO)cc2F)C1. The largest absolute Gasteiger partial charge is 0.392 e. The molecule has 1 aromatic rings. The Morgan fingerprint density at radius 3 is 2.86 bits per heavy atom. The molecule has 0 aliphatic carbocycles. The zero-order valence-electron chi connectivity index (χ0n) is 12.0. The van der Waals surface area contributed by atoms with E-state index in [9.17, 15) is 12.8 Å². The lowest BCUT2D eigenvalue weighted by Crippen LogP contribution is -2.39. The van der Waals surface area contributed by atoms with Crippen LogP contribution in [0.5, 0.6) is 0 Å². The van der Waals surface area contributed by atoms with E-state index < -0.39 is 15.8 Å². The van der Waals surface area contributed by atoms with E-state index in [-0.39, 0.29) is 17.4 Å². The summed E-state index contributed by atoms with van der Waals surface area (Å²) in [5.74, 6) is -0.590. The summed E-state index contributed by atoms with van der Waals surface area (Å²) in [6.45, 7) is 1.86. The monoisotopic (exact) mass is 316 g/mol. The fourth-order valence-corrected chi connectivity index (χ4v) is 3.78. The van der Waals surface area contributed by atoms with E-state index >= 15 is 0 Å². The maximum Gasteiger partial charge on any atom is 0.243 e. The van der Waals surface area contributed by atoms with E-state index in [1.165, 1.54) is 12.1 Å². The number of aliphatic hydroxyl groups is 1. The maximum atomic E-state index is 13.8. The van der Waals surface area contributed by atoms with Crippen LogP contribution in [0.15, 0.2) is 23.1 Å². The van der Waals surface area contributed by atoms with Crippen LogP contribution in [0.25, 0.3) is 0 Å². The highest BCUT2D eigenvalue weighted by molar-refractivity contribution is 7.89. The summed E-state index contributed by atoms with van der Waals surface area (Å²) in [4.78, 5) is 1.79. The Morgan fingerprint density at radius 2 is 2.24 bits per heavy atom. The van der Waals surface area contributed by atoms with E-state index in [1.807, 2.05) is 7.05 Å². The smallest absolute Gasteiger partial charge is 0.243 e. The van der Waals surface area contributed by atoms with Crippen molar-refractivity contribution in [1.29, 1.82) is 0 Å². The summed E-state index contributed by atoms with van der Waals surface area (Å²) in [5, 5.41) is 8.92. The Kier molecular flexibility index (Phi) is 5.32. The molecular formula is C14H21FN2O3S. The van der Waals surface area contributed by atoms with Gasteiger partial charge in [0.2, 0.25) is 10.0 Å². The topological polar surface area (TPSA) is 69.6 Å². The zero-order chi connectivity index (χ0) is 15.5. The fourth-order valence-electron chi connectivity index (χ4n) is 2.61. The van der Waals surface area contributed by atoms with Crippen LogP contribution in [0.2, 0.25) is 0 Å². The molecule has 5 nitrogen and oxygen atoms in total. The predicted molar refractivity (Wildman–Crippen MR) is 77.7 cm³/mol. The molecule has 7 heteroatoms. The highest BCUT2D eigenvalue weighted by Gasteiger charge is 2.23. The van der Waals surface area contributed by atoms with Crippen molar-refractivity contribution in [3.63, 3.8) is 0 Å². The van der Waals surface area contributed by atoms with E-state index in [2.05, 4.69) is 9.62 Å². The third-order valence-corrected chi connectivity index (χ3v) is 5.21. The Hall–Kier alpha value is -1.02. The Bertz CT molecular complexity index is 592. The van der Waals surface area contributed by atoms with Crippen molar-refractivity contribution in [3.8, 4) is 0 Å². The molecule has 1 fully saturated rings. The average molecular weight is 316 g/mol. The first-order chi connectivity index (χ1) is 9.92. The summed E-state index contributed by atoms with van der Waals surface area (Å²) in [7, 11) is -1.85. The highest BCUT2D eigenvalue weighted by atomic mass is 32.2. The van der Waals surface area contributed by atoms with Gasteiger partial charge in [-0.25, -0.2) is 17.5 Å². The number of likely N-dealkylation sites (tertiary alicyclic amines) is 1. The van der Waals surface area contributed by atoms with Gasteiger partial charge in [-0.15, -0.1) is 0 Å². The first-order valence-electron chi connectivity index (χ1n) is 7.00. The van der Waals surface area contributed by atoms with Crippen LogP contribution < -0.4 is 4.72 Å². The number of sulfonamides is 1. The summed E-state index contributed by atoms with van der Waals surface area (Å²) in [6, 6.07) is 3.64. The Morgan fingerprint density at radius 1 is 1.48 bits per heavy atom. The molecule has 0 spiro atoms. The number of rotatable bonds is 5. The molecule has 21 heavy (non-hydrogen) atoms. The molecule has 1 aliphatic rings. The maximum absolute atomic E-state index is 13.8. The molecule has 118 valence electrons. The van der Waals surface area contributed by atoms with Gasteiger partial charge in [-0.1, -0.05) is 6.07 Å². The lowest BCUT2D eigenvalue weighted by Gasteiger charge is -2.29. The minimum absolute atomic E-state index is 0.248. The molecule has 0 radical (unpaired) electrons. The number of aliphatic hydroxyl groups excluding tert-OH is 1. The third-order valence-electron chi connectivity index (χ3n) is 3.75. The molecule has 0 bridgehead atoms. The molecule has 1 aliphatic heterocycles. The molecule has 0 aromatic heterocycles. The Balaban J connectivity index is 2.04. The van der Waals surface area contributed by atoms with Crippen molar-refractivity contribution < 1.29 is 17.9 Å². The lowest BCUT2D eigenvalue weighted by molar-refractivity contribution is 0.211. The summed E-state index contributed by atoms with van der Waals surface area (Å²) < 4.78 is 40.6. The number of benzene rings is 1. The van der Waals surface area contributed by atoms with Crippen molar-refractivity contribution >= 4 is 10.0 Å². The first-order valence-corrected chi connectivity index (χ1v) is 8.48. The van der Waals surface area contributed by atoms with Crippen LogP contribution in [-0.4, -0.2) is 45.1 Å². The van der Waals surface area contributed by atoms with E-state index in [4.69, 9.17) is 5.11 Å². The Labute approximate surface area is 124 Å². The molecular weight excluding hydrogens is 295 g/mol. The van der Waals surface area contributed by atoms with Crippen LogP contribution in [0.1, 0.15) is 18.4 Å². The second-order valence-electron chi connectivity index (χ2n) is 5.55. The standard InChI is InChI=1S/C14H21FN2O3S/c1-17-6-2-3-12(9-17)8-16-21(19,20)14-5-4-11(10-18)7-13(14)15/h4-5,7,12,16,18H,2-3,6,8-10H2,1H3. The van der Waals surface area contributed by atoms with Crippen molar-refractivity contribution in [1.82, 2.24) is 9.62 Å². The van der Waals surface area contributed by atoms with Crippen molar-refractivity contribution in [2.75, 3.05) is 26.7 Å². The normalized spacial score (nSPS) is 20.6. The number of hydrogen-bond donors (Lipinski definition) is 2. The zero-order valence-corrected chi connectivity index (χ0v) is 12.9. The van der Waals surface area contributed by atoms with Crippen molar-refractivity contribution in [2.24, 2.45) is 5.92 Å². The quantitative estimate of drug-likeness (QED) is 0.848. The summed E-state index contributed by atoms with van der Waals surface area (Å²) in [5.41, 5.74) is 0.348. The minimum atomic E-state index is -3.86. The molecule has 0 saturated carbocycles. The van der Waals surface area contributed by atoms with E-state index in [0.717, 1.165) is 32.0 Å². The van der Waals surface area contributed by atoms with Gasteiger partial charge in [0.25, 0.3) is 0 Å². The van der Waals surface area contributed by atoms with Crippen molar-refractivity contribution in [2.45, 2.75) is 24.3 Å². The lowest BCUT2D eigenvalue weighted by atomic mass is 9.99. The average Bonchev–Trinajstić information content (AvgIpc) is 2.45. The number of piperidine rings is 1. The van der Waals surface area contributed by atoms with Crippen LogP contribution in [0, 0.1) is 11.7 Å². The summed E-state index contributed by atoms with van der Waals surface area (Å²) in [6.07, 6.45) is 2.02. The van der Waals surface area contributed by atoms with Gasteiger partial charge in [-0.3, -0.25) is 0 Å². The van der Waals surface area contributed by atoms with Crippen LogP contribution in [0.4, 0.5) is 4.39 Å². The highest BCUT2D eigenvalue weighted by Crippen LogP contribution is 2.18. The van der Waals surface area contributed by atoms with Gasteiger partial charge >= 0.3 is 0 Å². The molecule has 1 heterocycles. The van der Waals surface area contributed by atoms with E-state index in [1.54, 1.807) is 0 Å². The second kappa shape index (κ2) is 6.83. The van der Waals surface area contributed by atoms with Gasteiger partial charge < -0.3 is 10.0 Å². The van der Waals surface area contributed by atoms with Crippen LogP contribution in [-0.2, 0) is 16.6 Å². The molecule has 1 aromatic carbocycles.